The number of nitrogens with one attached hydrogen (secondary N) is 1. The first kappa shape index (κ1) is 17.1. The van der Waals surface area contributed by atoms with Crippen LogP contribution in [0, 0.1) is 6.92 Å². The summed E-state index contributed by atoms with van der Waals surface area (Å²) in [6, 6.07) is 13.4. The lowest BCUT2D eigenvalue weighted by molar-refractivity contribution is -0.118. The number of carbonyl (C=O) groups is 1. The molecule has 1 amide bonds. The molecular formula is C20H24N2O3. The number of para-hydroxylation sites is 2. The molecule has 2 aromatic carbocycles. The Morgan fingerprint density at radius 1 is 1.12 bits per heavy atom. The third-order valence-electron chi connectivity index (χ3n) is 4.38. The third kappa shape index (κ3) is 4.24. The molecule has 0 spiro atoms. The molecule has 132 valence electrons. The molecule has 1 aliphatic heterocycles. The number of carbonyl (C=O) groups excluding carboxylic acids is 1. The van der Waals surface area contributed by atoms with Crippen molar-refractivity contribution >= 4 is 17.3 Å². The fraction of sp³-hybridized carbons (Fsp3) is 0.350. The van der Waals surface area contributed by atoms with Gasteiger partial charge in [-0.2, -0.15) is 0 Å². The van der Waals surface area contributed by atoms with E-state index in [-0.39, 0.29) is 12.5 Å². The Morgan fingerprint density at radius 2 is 1.84 bits per heavy atom. The maximum absolute atomic E-state index is 12.2. The Morgan fingerprint density at radius 3 is 2.52 bits per heavy atom. The van der Waals surface area contributed by atoms with Crippen LogP contribution in [-0.2, 0) is 4.79 Å². The quantitative estimate of drug-likeness (QED) is 0.872. The van der Waals surface area contributed by atoms with Crippen LogP contribution in [0.1, 0.15) is 18.4 Å². The molecule has 2 aromatic rings. The topological polar surface area (TPSA) is 50.8 Å². The molecular weight excluding hydrogens is 316 g/mol. The summed E-state index contributed by atoms with van der Waals surface area (Å²) in [4.78, 5) is 14.6. The van der Waals surface area contributed by atoms with Crippen molar-refractivity contribution in [1.82, 2.24) is 0 Å². The van der Waals surface area contributed by atoms with Crippen molar-refractivity contribution in [1.29, 1.82) is 0 Å². The lowest BCUT2D eigenvalue weighted by atomic mass is 10.1. The minimum Gasteiger partial charge on any atom is -0.493 e. The van der Waals surface area contributed by atoms with Crippen molar-refractivity contribution in [3.05, 3.63) is 48.0 Å². The van der Waals surface area contributed by atoms with Gasteiger partial charge in [0.15, 0.2) is 18.1 Å². The maximum Gasteiger partial charge on any atom is 0.262 e. The van der Waals surface area contributed by atoms with Gasteiger partial charge in [-0.15, -0.1) is 0 Å². The second kappa shape index (κ2) is 7.92. The number of benzene rings is 2. The van der Waals surface area contributed by atoms with Crippen molar-refractivity contribution in [3.63, 3.8) is 0 Å². The van der Waals surface area contributed by atoms with Crippen LogP contribution >= 0.6 is 0 Å². The summed E-state index contributed by atoms with van der Waals surface area (Å²) in [5.74, 6) is 0.977. The average Bonchev–Trinajstić information content (AvgIpc) is 3.16. The summed E-state index contributed by atoms with van der Waals surface area (Å²) < 4.78 is 10.8. The number of rotatable bonds is 6. The highest BCUT2D eigenvalue weighted by Gasteiger charge is 2.14. The molecule has 5 heteroatoms. The van der Waals surface area contributed by atoms with E-state index in [4.69, 9.17) is 9.47 Å². The number of nitrogens with zero attached hydrogens (tertiary/aromatic N) is 1. The van der Waals surface area contributed by atoms with Gasteiger partial charge in [0.1, 0.15) is 0 Å². The zero-order valence-corrected chi connectivity index (χ0v) is 14.7. The fourth-order valence-electron chi connectivity index (χ4n) is 3.03. The van der Waals surface area contributed by atoms with Crippen molar-refractivity contribution in [2.24, 2.45) is 0 Å². The van der Waals surface area contributed by atoms with E-state index in [9.17, 15) is 4.79 Å². The van der Waals surface area contributed by atoms with Crippen LogP contribution < -0.4 is 19.7 Å². The molecule has 0 unspecified atom stereocenters. The molecule has 1 heterocycles. The molecule has 0 radical (unpaired) electrons. The summed E-state index contributed by atoms with van der Waals surface area (Å²) in [6.07, 6.45) is 2.50. The summed E-state index contributed by atoms with van der Waals surface area (Å²) >= 11 is 0. The lowest BCUT2D eigenvalue weighted by Crippen LogP contribution is -2.21. The second-order valence-electron chi connectivity index (χ2n) is 6.18. The monoisotopic (exact) mass is 340 g/mol. The molecule has 1 N–H and O–H groups in total. The van der Waals surface area contributed by atoms with Gasteiger partial charge < -0.3 is 19.7 Å². The maximum atomic E-state index is 12.2. The first-order valence-electron chi connectivity index (χ1n) is 8.58. The third-order valence-corrected chi connectivity index (χ3v) is 4.38. The Hall–Kier alpha value is -2.69. The SMILES string of the molecule is COc1ccccc1OCC(=O)Nc1ccc(N2CCCC2)cc1C. The highest BCUT2D eigenvalue weighted by Crippen LogP contribution is 2.27. The number of hydrogen-bond donors (Lipinski definition) is 1. The van der Waals surface area contributed by atoms with Gasteiger partial charge in [0.2, 0.25) is 0 Å². The first-order chi connectivity index (χ1) is 12.2. The van der Waals surface area contributed by atoms with Crippen LogP contribution in [0.25, 0.3) is 0 Å². The predicted molar refractivity (Wildman–Crippen MR) is 99.7 cm³/mol. The second-order valence-corrected chi connectivity index (χ2v) is 6.18. The van der Waals surface area contributed by atoms with Crippen LogP contribution in [0.2, 0.25) is 0 Å². The summed E-state index contributed by atoms with van der Waals surface area (Å²) in [5, 5.41) is 2.91. The Kier molecular flexibility index (Phi) is 5.43. The van der Waals surface area contributed by atoms with Crippen molar-refractivity contribution in [2.45, 2.75) is 19.8 Å². The normalized spacial score (nSPS) is 13.6. The molecule has 0 aromatic heterocycles. The molecule has 1 aliphatic rings. The van der Waals surface area contributed by atoms with Crippen LogP contribution in [0.4, 0.5) is 11.4 Å². The van der Waals surface area contributed by atoms with E-state index in [1.165, 1.54) is 18.5 Å². The summed E-state index contributed by atoms with van der Waals surface area (Å²) in [7, 11) is 1.58. The van der Waals surface area contributed by atoms with Crippen LogP contribution in [-0.4, -0.2) is 32.7 Å². The standard InChI is InChI=1S/C20H24N2O3/c1-15-13-16(22-11-5-6-12-22)9-10-17(15)21-20(23)14-25-19-8-4-3-7-18(19)24-2/h3-4,7-10,13H,5-6,11-12,14H2,1-2H3,(H,21,23). The van der Waals surface area contributed by atoms with Gasteiger partial charge in [0, 0.05) is 24.5 Å². The fourth-order valence-corrected chi connectivity index (χ4v) is 3.03. The van der Waals surface area contributed by atoms with Gasteiger partial charge in [-0.1, -0.05) is 12.1 Å². The smallest absolute Gasteiger partial charge is 0.262 e. The van der Waals surface area contributed by atoms with E-state index >= 15 is 0 Å². The van der Waals surface area contributed by atoms with E-state index in [2.05, 4.69) is 22.3 Å². The van der Waals surface area contributed by atoms with Crippen molar-refractivity contribution < 1.29 is 14.3 Å². The van der Waals surface area contributed by atoms with Gasteiger partial charge in [0.05, 0.1) is 7.11 Å². The van der Waals surface area contributed by atoms with Gasteiger partial charge in [-0.3, -0.25) is 4.79 Å². The number of aryl methyl sites for hydroxylation is 1. The molecule has 5 nitrogen and oxygen atoms in total. The molecule has 0 atom stereocenters. The highest BCUT2D eigenvalue weighted by atomic mass is 16.5. The average molecular weight is 340 g/mol. The number of hydrogen-bond acceptors (Lipinski definition) is 4. The molecule has 0 aliphatic carbocycles. The summed E-state index contributed by atoms with van der Waals surface area (Å²) in [6.45, 7) is 4.17. The number of ether oxygens (including phenoxy) is 2. The minimum atomic E-state index is -0.192. The van der Waals surface area contributed by atoms with E-state index < -0.39 is 0 Å². The number of anilines is 2. The zero-order chi connectivity index (χ0) is 17.6. The minimum absolute atomic E-state index is 0.0618. The van der Waals surface area contributed by atoms with Crippen molar-refractivity contribution in [2.75, 3.05) is 37.0 Å². The van der Waals surface area contributed by atoms with Gasteiger partial charge >= 0.3 is 0 Å². The van der Waals surface area contributed by atoms with Gasteiger partial charge in [-0.05, 0) is 55.7 Å². The van der Waals surface area contributed by atoms with Crippen LogP contribution in [0.5, 0.6) is 11.5 Å². The zero-order valence-electron chi connectivity index (χ0n) is 14.7. The molecule has 0 saturated carbocycles. The largest absolute Gasteiger partial charge is 0.493 e. The Balaban J connectivity index is 1.59. The van der Waals surface area contributed by atoms with Gasteiger partial charge in [-0.25, -0.2) is 0 Å². The van der Waals surface area contributed by atoms with E-state index in [1.807, 2.05) is 25.1 Å². The van der Waals surface area contributed by atoms with E-state index in [1.54, 1.807) is 19.2 Å². The predicted octanol–water partition coefficient (Wildman–Crippen LogP) is 3.62. The first-order valence-corrected chi connectivity index (χ1v) is 8.58. The molecule has 0 bridgehead atoms. The molecule has 25 heavy (non-hydrogen) atoms. The van der Waals surface area contributed by atoms with E-state index in [0.29, 0.717) is 11.5 Å². The number of amides is 1. The lowest BCUT2D eigenvalue weighted by Gasteiger charge is -2.19. The molecule has 1 fully saturated rings. The van der Waals surface area contributed by atoms with Crippen molar-refractivity contribution in [3.8, 4) is 11.5 Å². The Bertz CT molecular complexity index is 739. The highest BCUT2D eigenvalue weighted by molar-refractivity contribution is 5.92. The number of methoxy groups -OCH3 is 1. The van der Waals surface area contributed by atoms with E-state index in [0.717, 1.165) is 24.3 Å². The van der Waals surface area contributed by atoms with Gasteiger partial charge in [0.25, 0.3) is 5.91 Å². The van der Waals surface area contributed by atoms with Crippen LogP contribution in [0.15, 0.2) is 42.5 Å². The van der Waals surface area contributed by atoms with Crippen LogP contribution in [0.3, 0.4) is 0 Å². The molecule has 1 saturated heterocycles. The Labute approximate surface area is 148 Å². The molecule has 3 rings (SSSR count). The summed E-state index contributed by atoms with van der Waals surface area (Å²) in [5.41, 5.74) is 3.09.